The summed E-state index contributed by atoms with van der Waals surface area (Å²) in [5.41, 5.74) is 4.44. The zero-order chi connectivity index (χ0) is 24.7. The van der Waals surface area contributed by atoms with Gasteiger partial charge in [-0.25, -0.2) is 18.7 Å². The van der Waals surface area contributed by atoms with Crippen LogP contribution in [-0.2, 0) is 10.3 Å². The fourth-order valence-corrected chi connectivity index (χ4v) is 5.56. The SMILES string of the molecule is C#CCOc1cnc(C(=O)Nc2cc(F)c(F)c([C@@]3(C)N=C(N)S[C@@]4(C(=O)NC)C[C@H]43)c2)cn1. The average molecular weight is 487 g/mol. The Morgan fingerprint density at radius 1 is 1.35 bits per heavy atom. The van der Waals surface area contributed by atoms with Crippen molar-refractivity contribution in [3.63, 3.8) is 0 Å². The molecule has 4 rings (SSSR count). The lowest BCUT2D eigenvalue weighted by Crippen LogP contribution is -2.43. The second-order valence-corrected chi connectivity index (χ2v) is 9.28. The first kappa shape index (κ1) is 23.4. The first-order valence-corrected chi connectivity index (χ1v) is 10.9. The Hall–Kier alpha value is -3.72. The van der Waals surface area contributed by atoms with E-state index in [2.05, 4.69) is 31.5 Å². The molecule has 0 bridgehead atoms. The van der Waals surface area contributed by atoms with E-state index in [0.717, 1.165) is 24.0 Å². The van der Waals surface area contributed by atoms with E-state index >= 15 is 0 Å². The molecule has 0 radical (unpaired) electrons. The number of nitrogens with one attached hydrogen (secondary N) is 2. The van der Waals surface area contributed by atoms with Crippen molar-refractivity contribution in [2.45, 2.75) is 23.6 Å². The molecule has 12 heteroatoms. The normalized spacial score (nSPS) is 24.8. The molecule has 1 aromatic heterocycles. The quantitative estimate of drug-likeness (QED) is 0.531. The van der Waals surface area contributed by atoms with Crippen molar-refractivity contribution < 1.29 is 23.1 Å². The smallest absolute Gasteiger partial charge is 0.275 e. The Morgan fingerprint density at radius 3 is 2.76 bits per heavy atom. The molecule has 4 N–H and O–H groups in total. The molecule has 2 aromatic rings. The number of halogens is 2. The number of carbonyl (C=O) groups is 2. The minimum absolute atomic E-state index is 0.00960. The van der Waals surface area contributed by atoms with Crippen LogP contribution in [0.5, 0.6) is 5.88 Å². The number of aliphatic imine (C=N–C) groups is 1. The molecule has 0 saturated heterocycles. The van der Waals surface area contributed by atoms with Gasteiger partial charge in [0.15, 0.2) is 23.4 Å². The fraction of sp³-hybridized carbons (Fsp3) is 0.318. The number of terminal acetylenes is 1. The summed E-state index contributed by atoms with van der Waals surface area (Å²) in [7, 11) is 1.50. The molecular formula is C22H20F2N6O3S. The van der Waals surface area contributed by atoms with E-state index in [1.54, 1.807) is 6.92 Å². The van der Waals surface area contributed by atoms with Gasteiger partial charge in [0, 0.05) is 30.3 Å². The summed E-state index contributed by atoms with van der Waals surface area (Å²) in [5.74, 6) is -1.28. The zero-order valence-corrected chi connectivity index (χ0v) is 19.0. The first-order chi connectivity index (χ1) is 16.1. The van der Waals surface area contributed by atoms with E-state index in [-0.39, 0.29) is 40.5 Å². The second-order valence-electron chi connectivity index (χ2n) is 7.93. The number of amides is 2. The summed E-state index contributed by atoms with van der Waals surface area (Å²) >= 11 is 1.11. The largest absolute Gasteiger partial charge is 0.463 e. The summed E-state index contributed by atoms with van der Waals surface area (Å²) in [4.78, 5) is 37.4. The minimum Gasteiger partial charge on any atom is -0.463 e. The predicted octanol–water partition coefficient (Wildman–Crippen LogP) is 1.80. The monoisotopic (exact) mass is 486 g/mol. The molecule has 0 unspecified atom stereocenters. The second kappa shape index (κ2) is 8.57. The lowest BCUT2D eigenvalue weighted by molar-refractivity contribution is -0.121. The molecule has 3 atom stereocenters. The molecule has 1 saturated carbocycles. The van der Waals surface area contributed by atoms with Crippen molar-refractivity contribution in [2.24, 2.45) is 16.6 Å². The van der Waals surface area contributed by atoms with Crippen molar-refractivity contribution in [1.29, 1.82) is 0 Å². The van der Waals surface area contributed by atoms with Crippen LogP contribution >= 0.6 is 11.8 Å². The van der Waals surface area contributed by atoms with Gasteiger partial charge in [-0.2, -0.15) is 0 Å². The lowest BCUT2D eigenvalue weighted by Gasteiger charge is -2.33. The molecule has 2 amide bonds. The van der Waals surface area contributed by atoms with E-state index in [1.807, 2.05) is 0 Å². The van der Waals surface area contributed by atoms with Gasteiger partial charge in [-0.1, -0.05) is 17.7 Å². The molecule has 176 valence electrons. The van der Waals surface area contributed by atoms with Crippen LogP contribution in [0, 0.1) is 29.9 Å². The van der Waals surface area contributed by atoms with Crippen molar-refractivity contribution in [2.75, 3.05) is 19.0 Å². The standard InChI is InChI=1S/C22H20F2N6O3S/c1-4-5-33-16-10-27-14(9-28-16)18(31)29-11-6-12(17(24)13(23)7-11)21(2)15-8-22(15,19(32)26-3)34-20(25)30-21/h1,6-7,9-10,15H,5,8H2,2-3H3,(H2,25,30)(H,26,32)(H,29,31)/t15-,21+,22-/m0/s1. The molecule has 0 spiro atoms. The number of amidine groups is 1. The Balaban J connectivity index is 1.63. The third-order valence-corrected chi connectivity index (χ3v) is 7.13. The van der Waals surface area contributed by atoms with Gasteiger partial charge < -0.3 is 21.1 Å². The van der Waals surface area contributed by atoms with Gasteiger partial charge in [0.2, 0.25) is 11.8 Å². The van der Waals surface area contributed by atoms with Crippen LogP contribution in [0.15, 0.2) is 29.5 Å². The highest BCUT2D eigenvalue weighted by molar-refractivity contribution is 8.15. The summed E-state index contributed by atoms with van der Waals surface area (Å²) < 4.78 is 33.8. The summed E-state index contributed by atoms with van der Waals surface area (Å²) in [6.07, 6.45) is 7.87. The van der Waals surface area contributed by atoms with Crippen molar-refractivity contribution in [3.8, 4) is 18.2 Å². The number of ether oxygens (including phenoxy) is 1. The predicted molar refractivity (Wildman–Crippen MR) is 122 cm³/mol. The third kappa shape index (κ3) is 3.92. The molecule has 2 heterocycles. The maximum absolute atomic E-state index is 15.0. The Labute approximate surface area is 198 Å². The van der Waals surface area contributed by atoms with Gasteiger partial charge in [-0.05, 0) is 19.4 Å². The van der Waals surface area contributed by atoms with Crippen LogP contribution in [0.4, 0.5) is 14.5 Å². The molecule has 9 nitrogen and oxygen atoms in total. The number of anilines is 1. The summed E-state index contributed by atoms with van der Waals surface area (Å²) in [5, 5.41) is 5.17. The summed E-state index contributed by atoms with van der Waals surface area (Å²) in [6.45, 7) is 1.59. The third-order valence-electron chi connectivity index (χ3n) is 5.82. The van der Waals surface area contributed by atoms with E-state index < -0.39 is 33.7 Å². The topological polar surface area (TPSA) is 132 Å². The molecule has 2 aliphatic rings. The van der Waals surface area contributed by atoms with E-state index in [0.29, 0.717) is 6.42 Å². The van der Waals surface area contributed by atoms with Gasteiger partial charge in [0.1, 0.15) is 10.4 Å². The number of fused-ring (bicyclic) bond motifs is 1. The number of benzene rings is 1. The van der Waals surface area contributed by atoms with Crippen LogP contribution in [-0.4, -0.2) is 45.4 Å². The maximum Gasteiger partial charge on any atom is 0.275 e. The Morgan fingerprint density at radius 2 is 2.12 bits per heavy atom. The van der Waals surface area contributed by atoms with Gasteiger partial charge in [0.05, 0.1) is 17.9 Å². The number of nitrogens with zero attached hydrogens (tertiary/aromatic N) is 3. The molecule has 1 fully saturated rings. The first-order valence-electron chi connectivity index (χ1n) is 10.1. The van der Waals surface area contributed by atoms with Crippen molar-refractivity contribution >= 4 is 34.4 Å². The van der Waals surface area contributed by atoms with Crippen LogP contribution in [0.1, 0.15) is 29.4 Å². The van der Waals surface area contributed by atoms with Crippen LogP contribution in [0.2, 0.25) is 0 Å². The number of carbonyl (C=O) groups excluding carboxylic acids is 2. The van der Waals surface area contributed by atoms with Crippen LogP contribution < -0.4 is 21.1 Å². The van der Waals surface area contributed by atoms with E-state index in [9.17, 15) is 18.4 Å². The molecule has 1 aromatic carbocycles. The van der Waals surface area contributed by atoms with Gasteiger partial charge >= 0.3 is 0 Å². The number of hydrogen-bond donors (Lipinski definition) is 3. The maximum atomic E-state index is 15.0. The van der Waals surface area contributed by atoms with Gasteiger partial charge in [-0.15, -0.1) is 6.42 Å². The lowest BCUT2D eigenvalue weighted by atomic mass is 9.85. The van der Waals surface area contributed by atoms with Gasteiger partial charge in [0.25, 0.3) is 5.91 Å². The molecular weight excluding hydrogens is 466 g/mol. The average Bonchev–Trinajstić information content (AvgIpc) is 3.56. The van der Waals surface area contributed by atoms with E-state index in [1.165, 1.54) is 19.3 Å². The number of hydrogen-bond acceptors (Lipinski definition) is 8. The Bertz CT molecular complexity index is 1250. The van der Waals surface area contributed by atoms with Crippen LogP contribution in [0.25, 0.3) is 0 Å². The highest BCUT2D eigenvalue weighted by atomic mass is 32.2. The fourth-order valence-electron chi connectivity index (χ4n) is 4.13. The van der Waals surface area contributed by atoms with Crippen LogP contribution in [0.3, 0.4) is 0 Å². The Kier molecular flexibility index (Phi) is 5.91. The number of thioether (sulfide) groups is 1. The number of aromatic nitrogens is 2. The number of nitrogens with two attached hydrogens (primary N) is 1. The van der Waals surface area contributed by atoms with Crippen molar-refractivity contribution in [1.82, 2.24) is 15.3 Å². The van der Waals surface area contributed by atoms with Crippen molar-refractivity contribution in [3.05, 3.63) is 47.4 Å². The zero-order valence-electron chi connectivity index (χ0n) is 18.2. The molecule has 1 aliphatic carbocycles. The molecule has 34 heavy (non-hydrogen) atoms. The number of rotatable bonds is 6. The van der Waals surface area contributed by atoms with E-state index in [4.69, 9.17) is 16.9 Å². The minimum atomic E-state index is -1.32. The highest BCUT2D eigenvalue weighted by Crippen LogP contribution is 2.66. The molecule has 1 aliphatic heterocycles. The van der Waals surface area contributed by atoms with Gasteiger partial charge in [-0.3, -0.25) is 14.6 Å². The summed E-state index contributed by atoms with van der Waals surface area (Å²) in [6, 6.07) is 2.13. The highest BCUT2D eigenvalue weighted by Gasteiger charge is 2.70.